The standard InChI is InChI=1S/C19H24N2O2/c1-13-5-3-6-15(9-13)16-10-17(11-16)21-14(2)19(22)20-12-18-7-4-8-23-18/h3-9,14,16-17,21H,10-12H2,1-2H3,(H,20,22)/t14-,16?,17?/m1/s1. The van der Waals surface area contributed by atoms with Crippen LogP contribution in [-0.4, -0.2) is 18.0 Å². The molecule has 1 aromatic carbocycles. The molecule has 1 amide bonds. The van der Waals surface area contributed by atoms with Crippen LogP contribution >= 0.6 is 0 Å². The third kappa shape index (κ3) is 4.02. The van der Waals surface area contributed by atoms with Crippen LogP contribution in [0.4, 0.5) is 0 Å². The Balaban J connectivity index is 1.41. The van der Waals surface area contributed by atoms with Gasteiger partial charge in [-0.15, -0.1) is 0 Å². The maximum Gasteiger partial charge on any atom is 0.237 e. The van der Waals surface area contributed by atoms with Crippen molar-refractivity contribution in [3.05, 3.63) is 59.5 Å². The number of amides is 1. The van der Waals surface area contributed by atoms with Gasteiger partial charge >= 0.3 is 0 Å². The molecule has 23 heavy (non-hydrogen) atoms. The van der Waals surface area contributed by atoms with Crippen molar-refractivity contribution in [2.75, 3.05) is 0 Å². The normalized spacial score (nSPS) is 21.5. The molecule has 122 valence electrons. The molecule has 0 aliphatic heterocycles. The van der Waals surface area contributed by atoms with Crippen molar-refractivity contribution in [2.24, 2.45) is 0 Å². The van der Waals surface area contributed by atoms with Gasteiger partial charge in [0.1, 0.15) is 5.76 Å². The van der Waals surface area contributed by atoms with Gasteiger partial charge in [-0.3, -0.25) is 4.79 Å². The second-order valence-electron chi connectivity index (χ2n) is 6.46. The van der Waals surface area contributed by atoms with E-state index >= 15 is 0 Å². The molecular formula is C19H24N2O2. The predicted octanol–water partition coefficient (Wildman–Crippen LogP) is 3.13. The number of benzene rings is 1. The summed E-state index contributed by atoms with van der Waals surface area (Å²) in [4.78, 5) is 12.1. The summed E-state index contributed by atoms with van der Waals surface area (Å²) in [5.41, 5.74) is 2.72. The molecule has 4 heteroatoms. The Bertz CT molecular complexity index is 645. The van der Waals surface area contributed by atoms with Gasteiger partial charge in [-0.05, 0) is 50.3 Å². The Morgan fingerprint density at radius 1 is 1.30 bits per heavy atom. The Morgan fingerprint density at radius 2 is 2.13 bits per heavy atom. The van der Waals surface area contributed by atoms with Crippen molar-refractivity contribution in [3.8, 4) is 0 Å². The van der Waals surface area contributed by atoms with Crippen molar-refractivity contribution in [3.63, 3.8) is 0 Å². The van der Waals surface area contributed by atoms with Gasteiger partial charge in [-0.25, -0.2) is 0 Å². The lowest BCUT2D eigenvalue weighted by atomic mass is 9.75. The van der Waals surface area contributed by atoms with E-state index in [9.17, 15) is 4.79 Å². The number of furan rings is 1. The highest BCUT2D eigenvalue weighted by Gasteiger charge is 2.32. The lowest BCUT2D eigenvalue weighted by molar-refractivity contribution is -0.123. The summed E-state index contributed by atoms with van der Waals surface area (Å²) in [6, 6.07) is 12.6. The van der Waals surface area contributed by atoms with Crippen LogP contribution in [0, 0.1) is 6.92 Å². The van der Waals surface area contributed by atoms with Gasteiger partial charge < -0.3 is 15.1 Å². The molecule has 0 saturated heterocycles. The van der Waals surface area contributed by atoms with Crippen LogP contribution < -0.4 is 10.6 Å². The first-order valence-corrected chi connectivity index (χ1v) is 8.24. The fourth-order valence-electron chi connectivity index (χ4n) is 3.12. The molecule has 1 aliphatic rings. The number of aryl methyl sites for hydroxylation is 1. The zero-order valence-electron chi connectivity index (χ0n) is 13.7. The van der Waals surface area contributed by atoms with Crippen LogP contribution in [0.1, 0.15) is 42.6 Å². The zero-order valence-corrected chi connectivity index (χ0v) is 13.7. The molecule has 1 heterocycles. The molecule has 1 atom stereocenters. The number of nitrogens with one attached hydrogen (secondary N) is 2. The third-order valence-electron chi connectivity index (χ3n) is 4.55. The van der Waals surface area contributed by atoms with Crippen LogP contribution in [0.5, 0.6) is 0 Å². The molecule has 1 aliphatic carbocycles. The number of rotatable bonds is 6. The number of carbonyl (C=O) groups excluding carboxylic acids is 1. The number of hydrogen-bond acceptors (Lipinski definition) is 3. The highest BCUT2D eigenvalue weighted by atomic mass is 16.3. The minimum atomic E-state index is -0.187. The summed E-state index contributed by atoms with van der Waals surface area (Å²) in [5.74, 6) is 1.40. The molecule has 1 aromatic heterocycles. The molecule has 3 rings (SSSR count). The SMILES string of the molecule is Cc1cccc(C2CC(N[C@H](C)C(=O)NCc3ccco3)C2)c1. The summed E-state index contributed by atoms with van der Waals surface area (Å²) < 4.78 is 5.21. The third-order valence-corrected chi connectivity index (χ3v) is 4.55. The average molecular weight is 312 g/mol. The summed E-state index contributed by atoms with van der Waals surface area (Å²) in [7, 11) is 0. The summed E-state index contributed by atoms with van der Waals surface area (Å²) >= 11 is 0. The summed E-state index contributed by atoms with van der Waals surface area (Å²) in [5, 5.41) is 6.31. The van der Waals surface area contributed by atoms with Crippen molar-refractivity contribution in [2.45, 2.75) is 51.2 Å². The Labute approximate surface area is 137 Å². The highest BCUT2D eigenvalue weighted by molar-refractivity contribution is 5.81. The molecule has 2 aromatic rings. The van der Waals surface area contributed by atoms with E-state index in [0.29, 0.717) is 18.5 Å². The highest BCUT2D eigenvalue weighted by Crippen LogP contribution is 2.37. The smallest absolute Gasteiger partial charge is 0.237 e. The van der Waals surface area contributed by atoms with Crippen molar-refractivity contribution in [1.29, 1.82) is 0 Å². The van der Waals surface area contributed by atoms with E-state index in [-0.39, 0.29) is 11.9 Å². The first kappa shape index (κ1) is 15.8. The van der Waals surface area contributed by atoms with E-state index in [1.165, 1.54) is 11.1 Å². The summed E-state index contributed by atoms with van der Waals surface area (Å²) in [6.45, 7) is 4.48. The van der Waals surface area contributed by atoms with Gasteiger partial charge in [-0.1, -0.05) is 29.8 Å². The Morgan fingerprint density at radius 3 is 2.83 bits per heavy atom. The van der Waals surface area contributed by atoms with E-state index in [0.717, 1.165) is 18.6 Å². The minimum Gasteiger partial charge on any atom is -0.467 e. The van der Waals surface area contributed by atoms with Gasteiger partial charge in [0.25, 0.3) is 0 Å². The largest absolute Gasteiger partial charge is 0.467 e. The number of hydrogen-bond donors (Lipinski definition) is 2. The minimum absolute atomic E-state index is 0.0143. The first-order valence-electron chi connectivity index (χ1n) is 8.24. The van der Waals surface area contributed by atoms with E-state index in [4.69, 9.17) is 4.42 Å². The first-order chi connectivity index (χ1) is 11.1. The fourth-order valence-corrected chi connectivity index (χ4v) is 3.12. The lowest BCUT2D eigenvalue weighted by Gasteiger charge is -2.38. The van der Waals surface area contributed by atoms with Crippen LogP contribution in [0.2, 0.25) is 0 Å². The second kappa shape index (κ2) is 7.01. The van der Waals surface area contributed by atoms with Gasteiger partial charge in [0.05, 0.1) is 18.8 Å². The maximum atomic E-state index is 12.1. The van der Waals surface area contributed by atoms with Crippen LogP contribution in [-0.2, 0) is 11.3 Å². The van der Waals surface area contributed by atoms with Crippen molar-refractivity contribution >= 4 is 5.91 Å². The molecule has 1 fully saturated rings. The molecule has 2 N–H and O–H groups in total. The number of carbonyl (C=O) groups is 1. The Kier molecular flexibility index (Phi) is 4.82. The van der Waals surface area contributed by atoms with E-state index in [1.54, 1.807) is 6.26 Å². The van der Waals surface area contributed by atoms with Crippen LogP contribution in [0.3, 0.4) is 0 Å². The Hall–Kier alpha value is -2.07. The molecule has 1 saturated carbocycles. The quantitative estimate of drug-likeness (QED) is 0.861. The van der Waals surface area contributed by atoms with Gasteiger partial charge in [-0.2, -0.15) is 0 Å². The molecule has 0 bridgehead atoms. The molecule has 0 unspecified atom stereocenters. The van der Waals surface area contributed by atoms with Gasteiger partial charge in [0, 0.05) is 6.04 Å². The molecule has 0 radical (unpaired) electrons. The van der Waals surface area contributed by atoms with Gasteiger partial charge in [0.2, 0.25) is 5.91 Å². The van der Waals surface area contributed by atoms with Crippen LogP contribution in [0.25, 0.3) is 0 Å². The predicted molar refractivity (Wildman–Crippen MR) is 90.1 cm³/mol. The van der Waals surface area contributed by atoms with E-state index < -0.39 is 0 Å². The molecule has 4 nitrogen and oxygen atoms in total. The molecule has 0 spiro atoms. The average Bonchev–Trinajstić information content (AvgIpc) is 3.01. The monoisotopic (exact) mass is 312 g/mol. The second-order valence-corrected chi connectivity index (χ2v) is 6.46. The van der Waals surface area contributed by atoms with Crippen molar-refractivity contribution < 1.29 is 9.21 Å². The maximum absolute atomic E-state index is 12.1. The van der Waals surface area contributed by atoms with E-state index in [2.05, 4.69) is 41.8 Å². The summed E-state index contributed by atoms with van der Waals surface area (Å²) in [6.07, 6.45) is 3.81. The van der Waals surface area contributed by atoms with Crippen molar-refractivity contribution in [1.82, 2.24) is 10.6 Å². The zero-order chi connectivity index (χ0) is 16.2. The fraction of sp³-hybridized carbons (Fsp3) is 0.421. The van der Waals surface area contributed by atoms with E-state index in [1.807, 2.05) is 19.1 Å². The lowest BCUT2D eigenvalue weighted by Crippen LogP contribution is -2.50. The van der Waals surface area contributed by atoms with Crippen LogP contribution in [0.15, 0.2) is 47.1 Å². The van der Waals surface area contributed by atoms with Gasteiger partial charge in [0.15, 0.2) is 0 Å². The topological polar surface area (TPSA) is 54.3 Å². The molecular weight excluding hydrogens is 288 g/mol.